The third-order valence-electron chi connectivity index (χ3n) is 3.51. The Morgan fingerprint density at radius 1 is 1.22 bits per heavy atom. The number of fused-ring (bicyclic) bond motifs is 1. The second kappa shape index (κ2) is 4.90. The molecule has 1 aliphatic rings. The van der Waals surface area contributed by atoms with Crippen LogP contribution in [0.15, 0.2) is 30.3 Å². The number of hydrogen-bond donors (Lipinski definition) is 1. The predicted molar refractivity (Wildman–Crippen MR) is 70.3 cm³/mol. The molecular formula is C14H18N4. The monoisotopic (exact) mass is 242 g/mol. The Bertz CT molecular complexity index is 518. The fourth-order valence-electron chi connectivity index (χ4n) is 2.48. The second-order valence-electron chi connectivity index (χ2n) is 4.79. The van der Waals surface area contributed by atoms with Crippen LogP contribution in [0, 0.1) is 0 Å². The molecule has 0 spiro atoms. The van der Waals surface area contributed by atoms with Crippen LogP contribution in [0.25, 0.3) is 0 Å². The summed E-state index contributed by atoms with van der Waals surface area (Å²) in [5.41, 5.74) is 1.36. The van der Waals surface area contributed by atoms with Gasteiger partial charge in [0.1, 0.15) is 11.6 Å². The van der Waals surface area contributed by atoms with Crippen molar-refractivity contribution in [2.45, 2.75) is 32.4 Å². The van der Waals surface area contributed by atoms with Crippen molar-refractivity contribution < 1.29 is 0 Å². The summed E-state index contributed by atoms with van der Waals surface area (Å²) in [6, 6.07) is 10.9. The summed E-state index contributed by atoms with van der Waals surface area (Å²) in [7, 11) is 0. The summed E-state index contributed by atoms with van der Waals surface area (Å²) in [6.45, 7) is 4.13. The molecule has 4 heteroatoms. The standard InChI is InChI=1S/C14H18N4/c1-11-14-17-16-13(18(14)10-9-15-11)8-7-12-5-3-2-4-6-12/h2-6,11,15H,7-10H2,1H3. The van der Waals surface area contributed by atoms with E-state index in [1.165, 1.54) is 5.56 Å². The fourth-order valence-corrected chi connectivity index (χ4v) is 2.48. The summed E-state index contributed by atoms with van der Waals surface area (Å²) in [4.78, 5) is 0. The molecule has 1 aromatic carbocycles. The first-order valence-corrected chi connectivity index (χ1v) is 6.54. The van der Waals surface area contributed by atoms with Crippen molar-refractivity contribution in [2.24, 2.45) is 0 Å². The Morgan fingerprint density at radius 2 is 2.06 bits per heavy atom. The first-order chi connectivity index (χ1) is 8.84. The summed E-state index contributed by atoms with van der Waals surface area (Å²) in [6.07, 6.45) is 1.99. The molecule has 3 rings (SSSR count). The minimum Gasteiger partial charge on any atom is -0.312 e. The van der Waals surface area contributed by atoms with Crippen LogP contribution in [0.3, 0.4) is 0 Å². The van der Waals surface area contributed by atoms with Gasteiger partial charge in [-0.05, 0) is 18.9 Å². The lowest BCUT2D eigenvalue weighted by atomic mass is 10.1. The van der Waals surface area contributed by atoms with Gasteiger partial charge in [-0.15, -0.1) is 10.2 Å². The van der Waals surface area contributed by atoms with Crippen LogP contribution < -0.4 is 5.32 Å². The average Bonchev–Trinajstić information content (AvgIpc) is 2.82. The van der Waals surface area contributed by atoms with Gasteiger partial charge in [-0.25, -0.2) is 0 Å². The van der Waals surface area contributed by atoms with E-state index in [0.717, 1.165) is 37.6 Å². The van der Waals surface area contributed by atoms with Gasteiger partial charge >= 0.3 is 0 Å². The Kier molecular flexibility index (Phi) is 3.11. The lowest BCUT2D eigenvalue weighted by molar-refractivity contribution is 0.429. The molecule has 1 aromatic heterocycles. The molecule has 0 saturated heterocycles. The van der Waals surface area contributed by atoms with E-state index in [9.17, 15) is 0 Å². The van der Waals surface area contributed by atoms with E-state index in [4.69, 9.17) is 0 Å². The quantitative estimate of drug-likeness (QED) is 0.891. The highest BCUT2D eigenvalue weighted by molar-refractivity contribution is 5.16. The zero-order valence-corrected chi connectivity index (χ0v) is 10.6. The molecule has 18 heavy (non-hydrogen) atoms. The molecule has 0 aliphatic carbocycles. The van der Waals surface area contributed by atoms with Crippen molar-refractivity contribution in [3.8, 4) is 0 Å². The van der Waals surface area contributed by atoms with Gasteiger partial charge in [-0.3, -0.25) is 0 Å². The van der Waals surface area contributed by atoms with Crippen LogP contribution in [-0.2, 0) is 19.4 Å². The van der Waals surface area contributed by atoms with E-state index in [1.54, 1.807) is 0 Å². The molecule has 0 bridgehead atoms. The molecule has 0 saturated carbocycles. The van der Waals surface area contributed by atoms with Crippen molar-refractivity contribution in [3.63, 3.8) is 0 Å². The van der Waals surface area contributed by atoms with E-state index >= 15 is 0 Å². The summed E-state index contributed by atoms with van der Waals surface area (Å²) >= 11 is 0. The molecule has 2 heterocycles. The van der Waals surface area contributed by atoms with E-state index in [1.807, 2.05) is 0 Å². The third kappa shape index (κ3) is 2.16. The van der Waals surface area contributed by atoms with Crippen LogP contribution in [0.2, 0.25) is 0 Å². The first-order valence-electron chi connectivity index (χ1n) is 6.54. The van der Waals surface area contributed by atoms with Crippen molar-refractivity contribution in [1.82, 2.24) is 20.1 Å². The Morgan fingerprint density at radius 3 is 2.89 bits per heavy atom. The highest BCUT2D eigenvalue weighted by Gasteiger charge is 2.20. The Labute approximate surface area is 107 Å². The highest BCUT2D eigenvalue weighted by Crippen LogP contribution is 2.16. The first kappa shape index (κ1) is 11.4. The molecule has 1 atom stereocenters. The van der Waals surface area contributed by atoms with Crippen LogP contribution in [-0.4, -0.2) is 21.3 Å². The zero-order valence-electron chi connectivity index (χ0n) is 10.6. The van der Waals surface area contributed by atoms with Crippen LogP contribution >= 0.6 is 0 Å². The van der Waals surface area contributed by atoms with E-state index in [0.29, 0.717) is 6.04 Å². The van der Waals surface area contributed by atoms with Gasteiger partial charge in [-0.1, -0.05) is 30.3 Å². The maximum Gasteiger partial charge on any atom is 0.149 e. The number of rotatable bonds is 3. The zero-order chi connectivity index (χ0) is 12.4. The summed E-state index contributed by atoms with van der Waals surface area (Å²) in [5, 5.41) is 12.0. The number of benzene rings is 1. The minimum absolute atomic E-state index is 0.316. The van der Waals surface area contributed by atoms with Crippen molar-refractivity contribution in [2.75, 3.05) is 6.54 Å². The van der Waals surface area contributed by atoms with Gasteiger partial charge in [0.2, 0.25) is 0 Å². The van der Waals surface area contributed by atoms with E-state index in [-0.39, 0.29) is 0 Å². The molecule has 94 valence electrons. The highest BCUT2D eigenvalue weighted by atomic mass is 15.3. The summed E-state index contributed by atoms with van der Waals surface area (Å²) < 4.78 is 2.27. The number of nitrogens with one attached hydrogen (secondary N) is 1. The molecule has 1 aliphatic heterocycles. The minimum atomic E-state index is 0.316. The van der Waals surface area contributed by atoms with Crippen LogP contribution in [0.4, 0.5) is 0 Å². The molecule has 1 unspecified atom stereocenters. The smallest absolute Gasteiger partial charge is 0.149 e. The van der Waals surface area contributed by atoms with Gasteiger partial charge in [0, 0.05) is 19.5 Å². The molecule has 4 nitrogen and oxygen atoms in total. The number of nitrogens with zero attached hydrogens (tertiary/aromatic N) is 3. The third-order valence-corrected chi connectivity index (χ3v) is 3.51. The number of hydrogen-bond acceptors (Lipinski definition) is 3. The van der Waals surface area contributed by atoms with Crippen molar-refractivity contribution >= 4 is 0 Å². The molecule has 0 radical (unpaired) electrons. The van der Waals surface area contributed by atoms with Gasteiger partial charge in [0.25, 0.3) is 0 Å². The molecule has 2 aromatic rings. The average molecular weight is 242 g/mol. The maximum atomic E-state index is 4.34. The van der Waals surface area contributed by atoms with Crippen molar-refractivity contribution in [1.29, 1.82) is 0 Å². The second-order valence-corrected chi connectivity index (χ2v) is 4.79. The fraction of sp³-hybridized carbons (Fsp3) is 0.429. The maximum absolute atomic E-state index is 4.34. The van der Waals surface area contributed by atoms with Gasteiger partial charge in [0.15, 0.2) is 0 Å². The lowest BCUT2D eigenvalue weighted by Crippen LogP contribution is -2.32. The van der Waals surface area contributed by atoms with Gasteiger partial charge in [0.05, 0.1) is 6.04 Å². The van der Waals surface area contributed by atoms with Gasteiger partial charge in [-0.2, -0.15) is 0 Å². The molecule has 0 amide bonds. The SMILES string of the molecule is CC1NCCn2c(CCc3ccccc3)nnc21. The Balaban J connectivity index is 1.74. The van der Waals surface area contributed by atoms with Crippen LogP contribution in [0.5, 0.6) is 0 Å². The molecule has 0 fully saturated rings. The summed E-state index contributed by atoms with van der Waals surface area (Å²) in [5.74, 6) is 2.19. The Hall–Kier alpha value is -1.68. The topological polar surface area (TPSA) is 42.7 Å². The van der Waals surface area contributed by atoms with Crippen molar-refractivity contribution in [3.05, 3.63) is 47.5 Å². The normalized spacial score (nSPS) is 18.6. The van der Waals surface area contributed by atoms with E-state index < -0.39 is 0 Å². The molecular weight excluding hydrogens is 224 g/mol. The van der Waals surface area contributed by atoms with E-state index in [2.05, 4.69) is 57.3 Å². The number of aryl methyl sites for hydroxylation is 2. The largest absolute Gasteiger partial charge is 0.312 e. The predicted octanol–water partition coefficient (Wildman–Crippen LogP) is 1.73. The molecule has 1 N–H and O–H groups in total. The number of aromatic nitrogens is 3. The van der Waals surface area contributed by atoms with Crippen LogP contribution in [0.1, 0.15) is 30.2 Å². The van der Waals surface area contributed by atoms with Gasteiger partial charge < -0.3 is 9.88 Å². The lowest BCUT2D eigenvalue weighted by Gasteiger charge is -2.21.